The molecular weight excluding hydrogens is 254 g/mol. The number of thioether (sulfide) groups is 1. The molecular formula is C13H18ClNOS. The van der Waals surface area contributed by atoms with Gasteiger partial charge in [-0.05, 0) is 49.6 Å². The molecule has 94 valence electrons. The number of ether oxygens (including phenoxy) is 1. The Hall–Kier alpha value is -0.380. The number of benzene rings is 1. The lowest BCUT2D eigenvalue weighted by molar-refractivity contribution is 0.104. The summed E-state index contributed by atoms with van der Waals surface area (Å²) in [6, 6.07) is 5.83. The van der Waals surface area contributed by atoms with Crippen molar-refractivity contribution in [1.82, 2.24) is 0 Å². The first-order valence-corrected chi connectivity index (χ1v) is 7.41. The van der Waals surface area contributed by atoms with Gasteiger partial charge in [0.1, 0.15) is 0 Å². The Balaban J connectivity index is 1.68. The fourth-order valence-electron chi connectivity index (χ4n) is 1.97. The van der Waals surface area contributed by atoms with Crippen LogP contribution in [0.1, 0.15) is 25.7 Å². The van der Waals surface area contributed by atoms with Gasteiger partial charge in [-0.15, -0.1) is 11.8 Å². The van der Waals surface area contributed by atoms with Crippen molar-refractivity contribution in [2.75, 3.05) is 18.1 Å². The lowest BCUT2D eigenvalue weighted by Gasteiger charge is -2.08. The molecule has 1 atom stereocenters. The van der Waals surface area contributed by atoms with Gasteiger partial charge in [0.2, 0.25) is 0 Å². The molecule has 0 aliphatic carbocycles. The van der Waals surface area contributed by atoms with Crippen LogP contribution < -0.4 is 5.73 Å². The maximum atomic E-state index is 5.97. The molecule has 1 aliphatic rings. The Kier molecular flexibility index (Phi) is 5.01. The molecule has 1 unspecified atom stereocenters. The molecule has 2 rings (SSSR count). The number of halogens is 1. The van der Waals surface area contributed by atoms with Crippen molar-refractivity contribution in [3.05, 3.63) is 23.2 Å². The molecule has 0 spiro atoms. The van der Waals surface area contributed by atoms with Crippen molar-refractivity contribution in [3.63, 3.8) is 0 Å². The molecule has 0 aromatic heterocycles. The van der Waals surface area contributed by atoms with Crippen LogP contribution in [0.25, 0.3) is 0 Å². The van der Waals surface area contributed by atoms with Crippen molar-refractivity contribution < 1.29 is 4.74 Å². The Morgan fingerprint density at radius 3 is 3.06 bits per heavy atom. The standard InChI is InChI=1S/C13H18ClNOS/c14-12-9-11(5-6-13(12)15)17-8-2-4-10-3-1-7-16-10/h5-6,9-10H,1-4,7-8,15H2. The summed E-state index contributed by atoms with van der Waals surface area (Å²) in [5, 5.41) is 0.647. The van der Waals surface area contributed by atoms with E-state index in [2.05, 4.69) is 0 Å². The predicted octanol–water partition coefficient (Wildman–Crippen LogP) is 3.97. The first-order chi connectivity index (χ1) is 8.25. The smallest absolute Gasteiger partial charge is 0.0646 e. The van der Waals surface area contributed by atoms with Crippen LogP contribution in [0, 0.1) is 0 Å². The molecule has 0 amide bonds. The zero-order valence-corrected chi connectivity index (χ0v) is 11.4. The molecule has 1 aliphatic heterocycles. The predicted molar refractivity (Wildman–Crippen MR) is 74.8 cm³/mol. The van der Waals surface area contributed by atoms with Gasteiger partial charge < -0.3 is 10.5 Å². The zero-order chi connectivity index (χ0) is 12.1. The fourth-order valence-corrected chi connectivity index (χ4v) is 3.13. The van der Waals surface area contributed by atoms with Gasteiger partial charge >= 0.3 is 0 Å². The molecule has 1 fully saturated rings. The van der Waals surface area contributed by atoms with E-state index in [1.165, 1.54) is 30.6 Å². The van der Waals surface area contributed by atoms with Crippen molar-refractivity contribution >= 4 is 29.1 Å². The summed E-state index contributed by atoms with van der Waals surface area (Å²) >= 11 is 7.80. The Bertz CT molecular complexity index is 366. The fraction of sp³-hybridized carbons (Fsp3) is 0.538. The molecule has 0 radical (unpaired) electrons. The Morgan fingerprint density at radius 1 is 1.47 bits per heavy atom. The second kappa shape index (κ2) is 6.53. The minimum atomic E-state index is 0.505. The first-order valence-electron chi connectivity index (χ1n) is 6.05. The van der Waals surface area contributed by atoms with Gasteiger partial charge in [0.05, 0.1) is 16.8 Å². The number of hydrogen-bond acceptors (Lipinski definition) is 3. The van der Waals surface area contributed by atoms with Crippen molar-refractivity contribution in [2.24, 2.45) is 0 Å². The van der Waals surface area contributed by atoms with E-state index >= 15 is 0 Å². The second-order valence-electron chi connectivity index (χ2n) is 4.31. The average molecular weight is 272 g/mol. The highest BCUT2D eigenvalue weighted by Crippen LogP contribution is 2.27. The van der Waals surface area contributed by atoms with E-state index in [9.17, 15) is 0 Å². The lowest BCUT2D eigenvalue weighted by Crippen LogP contribution is -2.04. The lowest BCUT2D eigenvalue weighted by atomic mass is 10.1. The Morgan fingerprint density at radius 2 is 2.35 bits per heavy atom. The first kappa shape index (κ1) is 13.1. The molecule has 4 heteroatoms. The maximum Gasteiger partial charge on any atom is 0.0646 e. The van der Waals surface area contributed by atoms with E-state index in [0.29, 0.717) is 16.8 Å². The van der Waals surface area contributed by atoms with Gasteiger partial charge in [0.25, 0.3) is 0 Å². The van der Waals surface area contributed by atoms with Gasteiger partial charge in [0.15, 0.2) is 0 Å². The number of nitrogen functional groups attached to an aromatic ring is 1. The highest BCUT2D eigenvalue weighted by atomic mass is 35.5. The minimum Gasteiger partial charge on any atom is -0.398 e. The van der Waals surface area contributed by atoms with E-state index in [1.54, 1.807) is 0 Å². The van der Waals surface area contributed by atoms with E-state index < -0.39 is 0 Å². The summed E-state index contributed by atoms with van der Waals surface area (Å²) in [6.45, 7) is 0.950. The number of rotatable bonds is 5. The van der Waals surface area contributed by atoms with Crippen LogP contribution in [0.3, 0.4) is 0 Å². The molecule has 0 bridgehead atoms. The highest BCUT2D eigenvalue weighted by Gasteiger charge is 2.14. The highest BCUT2D eigenvalue weighted by molar-refractivity contribution is 7.99. The van der Waals surface area contributed by atoms with Crippen LogP contribution >= 0.6 is 23.4 Å². The molecule has 1 heterocycles. The van der Waals surface area contributed by atoms with Gasteiger partial charge in [0, 0.05) is 11.5 Å². The van der Waals surface area contributed by atoms with Crippen LogP contribution in [-0.4, -0.2) is 18.5 Å². The van der Waals surface area contributed by atoms with Crippen LogP contribution in [0.5, 0.6) is 0 Å². The van der Waals surface area contributed by atoms with Gasteiger partial charge in [-0.1, -0.05) is 11.6 Å². The van der Waals surface area contributed by atoms with Gasteiger partial charge in [-0.25, -0.2) is 0 Å². The summed E-state index contributed by atoms with van der Waals surface area (Å²) in [4.78, 5) is 1.19. The Labute approximate surface area is 112 Å². The minimum absolute atomic E-state index is 0.505. The second-order valence-corrected chi connectivity index (χ2v) is 5.88. The van der Waals surface area contributed by atoms with Crippen molar-refractivity contribution in [3.8, 4) is 0 Å². The van der Waals surface area contributed by atoms with Crippen molar-refractivity contribution in [1.29, 1.82) is 0 Å². The third-order valence-electron chi connectivity index (χ3n) is 2.94. The zero-order valence-electron chi connectivity index (χ0n) is 9.82. The summed E-state index contributed by atoms with van der Waals surface area (Å²) in [5.41, 5.74) is 6.32. The third kappa shape index (κ3) is 4.09. The molecule has 0 saturated carbocycles. The van der Waals surface area contributed by atoms with Gasteiger partial charge in [-0.3, -0.25) is 0 Å². The van der Waals surface area contributed by atoms with E-state index in [-0.39, 0.29) is 0 Å². The van der Waals surface area contributed by atoms with E-state index in [0.717, 1.165) is 12.4 Å². The summed E-state index contributed by atoms with van der Waals surface area (Å²) in [7, 11) is 0. The topological polar surface area (TPSA) is 35.2 Å². The molecule has 17 heavy (non-hydrogen) atoms. The van der Waals surface area contributed by atoms with Crippen LogP contribution in [-0.2, 0) is 4.74 Å². The SMILES string of the molecule is Nc1ccc(SCCCC2CCCO2)cc1Cl. The number of nitrogens with two attached hydrogens (primary N) is 1. The van der Waals surface area contributed by atoms with Crippen LogP contribution in [0.15, 0.2) is 23.1 Å². The molecule has 1 saturated heterocycles. The third-order valence-corrected chi connectivity index (χ3v) is 4.34. The van der Waals surface area contributed by atoms with E-state index in [4.69, 9.17) is 22.1 Å². The largest absolute Gasteiger partial charge is 0.398 e. The number of anilines is 1. The molecule has 2 N–H and O–H groups in total. The maximum absolute atomic E-state index is 5.97. The quantitative estimate of drug-likeness (QED) is 0.500. The normalized spacial score (nSPS) is 19.7. The summed E-state index contributed by atoms with van der Waals surface area (Å²) in [5.74, 6) is 1.11. The summed E-state index contributed by atoms with van der Waals surface area (Å²) in [6.07, 6.45) is 5.34. The van der Waals surface area contributed by atoms with Crippen LogP contribution in [0.2, 0.25) is 5.02 Å². The molecule has 1 aromatic carbocycles. The summed E-state index contributed by atoms with van der Waals surface area (Å²) < 4.78 is 5.59. The molecule has 2 nitrogen and oxygen atoms in total. The average Bonchev–Trinajstić information content (AvgIpc) is 2.82. The molecule has 1 aromatic rings. The van der Waals surface area contributed by atoms with Crippen LogP contribution in [0.4, 0.5) is 5.69 Å². The monoisotopic (exact) mass is 271 g/mol. The van der Waals surface area contributed by atoms with Gasteiger partial charge in [-0.2, -0.15) is 0 Å². The number of hydrogen-bond donors (Lipinski definition) is 1. The van der Waals surface area contributed by atoms with Crippen molar-refractivity contribution in [2.45, 2.75) is 36.7 Å². The van der Waals surface area contributed by atoms with E-state index in [1.807, 2.05) is 30.0 Å².